The number of hydrogen-bond acceptors (Lipinski definition) is 3. The van der Waals surface area contributed by atoms with E-state index < -0.39 is 0 Å². The normalized spacial score (nSPS) is 10.7. The maximum atomic E-state index is 6.12. The van der Waals surface area contributed by atoms with Gasteiger partial charge in [-0.25, -0.2) is 0 Å². The highest BCUT2D eigenvalue weighted by molar-refractivity contribution is 9.10. The number of benzene rings is 1. The van der Waals surface area contributed by atoms with Crippen LogP contribution in [-0.4, -0.2) is 14.8 Å². The number of hydrogen-bond donors (Lipinski definition) is 1. The minimum atomic E-state index is 0.217. The summed E-state index contributed by atoms with van der Waals surface area (Å²) in [5.74, 6) is 0.571. The van der Waals surface area contributed by atoms with Gasteiger partial charge in [0.25, 0.3) is 0 Å². The molecule has 1 heterocycles. The van der Waals surface area contributed by atoms with Gasteiger partial charge in [0.1, 0.15) is 17.3 Å². The minimum absolute atomic E-state index is 0.217. The van der Waals surface area contributed by atoms with Crippen LogP contribution < -0.4 is 10.5 Å². The van der Waals surface area contributed by atoms with Gasteiger partial charge < -0.3 is 10.5 Å². The number of halogens is 2. The fraction of sp³-hybridized carbons (Fsp3) is 0.286. The standard InChI is InChI=1S/C14H15BrClN3OS/c1-3-9-13(15)10(19(2)18-9)7-20-11-6-4-5-8(16)12(11)14(17)21/h4-6H,3,7H2,1-2H3,(H2,17,21). The molecule has 2 N–H and O–H groups in total. The molecule has 1 aromatic heterocycles. The van der Waals surface area contributed by atoms with Crippen molar-refractivity contribution in [2.45, 2.75) is 20.0 Å². The Kier molecular flexibility index (Phi) is 5.24. The highest BCUT2D eigenvalue weighted by Crippen LogP contribution is 2.28. The van der Waals surface area contributed by atoms with Gasteiger partial charge in [0.2, 0.25) is 0 Å². The Morgan fingerprint density at radius 1 is 1.52 bits per heavy atom. The lowest BCUT2D eigenvalue weighted by molar-refractivity contribution is 0.293. The number of nitrogens with zero attached hydrogens (tertiary/aromatic N) is 2. The summed E-state index contributed by atoms with van der Waals surface area (Å²) in [6.07, 6.45) is 0.851. The van der Waals surface area contributed by atoms with Gasteiger partial charge in [0, 0.05) is 7.05 Å². The number of ether oxygens (including phenoxy) is 1. The van der Waals surface area contributed by atoms with E-state index >= 15 is 0 Å². The van der Waals surface area contributed by atoms with Crippen LogP contribution in [0, 0.1) is 0 Å². The molecule has 0 aliphatic rings. The average Bonchev–Trinajstić information content (AvgIpc) is 2.70. The summed E-state index contributed by atoms with van der Waals surface area (Å²) in [4.78, 5) is 0.217. The van der Waals surface area contributed by atoms with Gasteiger partial charge in [-0.2, -0.15) is 5.10 Å². The predicted molar refractivity (Wildman–Crippen MR) is 92.0 cm³/mol. The summed E-state index contributed by atoms with van der Waals surface area (Å²) in [6, 6.07) is 5.33. The lowest BCUT2D eigenvalue weighted by Gasteiger charge is -2.12. The zero-order valence-corrected chi connectivity index (χ0v) is 14.8. The summed E-state index contributed by atoms with van der Waals surface area (Å²) in [7, 11) is 1.88. The van der Waals surface area contributed by atoms with Crippen LogP contribution in [0.2, 0.25) is 5.02 Å². The van der Waals surface area contributed by atoms with Crippen molar-refractivity contribution in [3.05, 3.63) is 44.6 Å². The lowest BCUT2D eigenvalue weighted by Crippen LogP contribution is -2.13. The first-order chi connectivity index (χ1) is 9.95. The molecule has 0 spiro atoms. The van der Waals surface area contributed by atoms with E-state index in [1.165, 1.54) is 0 Å². The first kappa shape index (κ1) is 16.3. The Bertz CT molecular complexity index is 687. The molecule has 7 heteroatoms. The highest BCUT2D eigenvalue weighted by Gasteiger charge is 2.15. The van der Waals surface area contributed by atoms with E-state index in [2.05, 4.69) is 28.0 Å². The molecular formula is C14H15BrClN3OS. The summed E-state index contributed by atoms with van der Waals surface area (Å²) >= 11 is 14.7. The van der Waals surface area contributed by atoms with Crippen molar-refractivity contribution in [1.82, 2.24) is 9.78 Å². The SMILES string of the molecule is CCc1nn(C)c(COc2cccc(Cl)c2C(N)=S)c1Br. The second kappa shape index (κ2) is 6.77. The Labute approximate surface area is 142 Å². The Morgan fingerprint density at radius 3 is 2.81 bits per heavy atom. The molecule has 112 valence electrons. The van der Waals surface area contributed by atoms with E-state index in [4.69, 9.17) is 34.3 Å². The molecule has 21 heavy (non-hydrogen) atoms. The van der Waals surface area contributed by atoms with Crippen LogP contribution in [0.3, 0.4) is 0 Å². The largest absolute Gasteiger partial charge is 0.486 e. The van der Waals surface area contributed by atoms with Gasteiger partial charge in [-0.3, -0.25) is 4.68 Å². The first-order valence-electron chi connectivity index (χ1n) is 6.37. The Morgan fingerprint density at radius 2 is 2.24 bits per heavy atom. The Hall–Kier alpha value is -1.11. The van der Waals surface area contributed by atoms with Gasteiger partial charge in [0.15, 0.2) is 0 Å². The van der Waals surface area contributed by atoms with Gasteiger partial charge in [-0.15, -0.1) is 0 Å². The lowest BCUT2D eigenvalue weighted by atomic mass is 10.2. The third-order valence-electron chi connectivity index (χ3n) is 3.09. The quantitative estimate of drug-likeness (QED) is 0.795. The number of aryl methyl sites for hydroxylation is 2. The van der Waals surface area contributed by atoms with E-state index in [9.17, 15) is 0 Å². The van der Waals surface area contributed by atoms with Crippen LogP contribution in [0.4, 0.5) is 0 Å². The topological polar surface area (TPSA) is 53.1 Å². The van der Waals surface area contributed by atoms with Crippen molar-refractivity contribution in [3.63, 3.8) is 0 Å². The average molecular weight is 389 g/mol. The molecule has 2 aromatic rings. The summed E-state index contributed by atoms with van der Waals surface area (Å²) in [5.41, 5.74) is 8.21. The van der Waals surface area contributed by atoms with Crippen molar-refractivity contribution >= 4 is 44.7 Å². The van der Waals surface area contributed by atoms with Crippen molar-refractivity contribution in [3.8, 4) is 5.75 Å². The summed E-state index contributed by atoms with van der Waals surface area (Å²) < 4.78 is 8.61. The molecule has 1 aromatic carbocycles. The first-order valence-corrected chi connectivity index (χ1v) is 7.95. The van der Waals surface area contributed by atoms with Crippen LogP contribution in [0.15, 0.2) is 22.7 Å². The van der Waals surface area contributed by atoms with Crippen molar-refractivity contribution in [2.75, 3.05) is 0 Å². The molecule has 0 saturated carbocycles. The van der Waals surface area contributed by atoms with Crippen molar-refractivity contribution < 1.29 is 4.74 Å². The zero-order valence-electron chi connectivity index (χ0n) is 11.7. The number of rotatable bonds is 5. The van der Waals surface area contributed by atoms with Crippen molar-refractivity contribution in [2.24, 2.45) is 12.8 Å². The molecule has 0 radical (unpaired) electrons. The molecule has 0 unspecified atom stereocenters. The highest BCUT2D eigenvalue weighted by atomic mass is 79.9. The van der Waals surface area contributed by atoms with Gasteiger partial charge in [-0.05, 0) is 34.5 Å². The summed E-state index contributed by atoms with van der Waals surface area (Å²) in [6.45, 7) is 2.40. The second-order valence-electron chi connectivity index (χ2n) is 4.45. The molecule has 0 fully saturated rings. The van der Waals surface area contributed by atoms with Crippen LogP contribution in [0.25, 0.3) is 0 Å². The third-order valence-corrected chi connectivity index (χ3v) is 4.52. The van der Waals surface area contributed by atoms with E-state index in [1.807, 2.05) is 7.05 Å². The molecule has 4 nitrogen and oxygen atoms in total. The van der Waals surface area contributed by atoms with Crippen molar-refractivity contribution in [1.29, 1.82) is 0 Å². The van der Waals surface area contributed by atoms with E-state index in [1.54, 1.807) is 22.9 Å². The number of nitrogens with two attached hydrogens (primary N) is 1. The second-order valence-corrected chi connectivity index (χ2v) is 6.09. The van der Waals surface area contributed by atoms with E-state index in [-0.39, 0.29) is 4.99 Å². The van der Waals surface area contributed by atoms with Crippen LogP contribution in [0.5, 0.6) is 5.75 Å². The molecule has 0 aliphatic heterocycles. The molecule has 0 bridgehead atoms. The van der Waals surface area contributed by atoms with E-state index in [0.717, 1.165) is 22.3 Å². The van der Waals surface area contributed by atoms with Gasteiger partial charge in [0.05, 0.1) is 26.4 Å². The Balaban J connectivity index is 2.27. The zero-order chi connectivity index (χ0) is 15.6. The predicted octanol–water partition coefficient (Wildman–Crippen LogP) is 3.61. The maximum Gasteiger partial charge on any atom is 0.131 e. The number of aromatic nitrogens is 2. The smallest absolute Gasteiger partial charge is 0.131 e. The molecule has 0 amide bonds. The third kappa shape index (κ3) is 3.39. The summed E-state index contributed by atoms with van der Waals surface area (Å²) in [5, 5.41) is 4.91. The van der Waals surface area contributed by atoms with Crippen LogP contribution in [-0.2, 0) is 20.1 Å². The number of thiocarbonyl (C=S) groups is 1. The molecular weight excluding hydrogens is 374 g/mol. The van der Waals surface area contributed by atoms with E-state index in [0.29, 0.717) is 22.9 Å². The van der Waals surface area contributed by atoms with Crippen LogP contribution >= 0.6 is 39.7 Å². The fourth-order valence-corrected chi connectivity index (χ4v) is 3.25. The minimum Gasteiger partial charge on any atom is -0.486 e. The monoisotopic (exact) mass is 387 g/mol. The molecule has 0 atom stereocenters. The fourth-order valence-electron chi connectivity index (χ4n) is 1.99. The van der Waals surface area contributed by atoms with Crippen LogP contribution in [0.1, 0.15) is 23.9 Å². The molecule has 0 aliphatic carbocycles. The molecule has 2 rings (SSSR count). The van der Waals surface area contributed by atoms with Gasteiger partial charge in [-0.1, -0.05) is 36.8 Å². The maximum absolute atomic E-state index is 6.12. The molecule has 0 saturated heterocycles. The van der Waals surface area contributed by atoms with Gasteiger partial charge >= 0.3 is 0 Å².